The van der Waals surface area contributed by atoms with Gasteiger partial charge in [0.1, 0.15) is 5.82 Å². The Balaban J connectivity index is 0.000000345. The van der Waals surface area contributed by atoms with Gasteiger partial charge in [-0.05, 0) is 56.5 Å². The molecule has 2 heterocycles. The van der Waals surface area contributed by atoms with Crippen molar-refractivity contribution in [1.29, 1.82) is 0 Å². The van der Waals surface area contributed by atoms with E-state index in [1.807, 2.05) is 17.7 Å². The number of hydrogen-bond acceptors (Lipinski definition) is 7. The monoisotopic (exact) mass is 612 g/mol. The minimum atomic E-state index is -2.74. The molecule has 1 aliphatic heterocycles. The number of carbonyl (C=O) groups is 4. The van der Waals surface area contributed by atoms with Crippen LogP contribution in [0, 0.1) is 19.7 Å². The molecule has 0 radical (unpaired) electrons. The highest BCUT2D eigenvalue weighted by Gasteiger charge is 2.41. The lowest BCUT2D eigenvalue weighted by Crippen LogP contribution is -2.52. The Hall–Kier alpha value is -4.62. The summed E-state index contributed by atoms with van der Waals surface area (Å²) in [6.45, 7) is 7.91. The van der Waals surface area contributed by atoms with E-state index in [4.69, 9.17) is 20.4 Å². The van der Waals surface area contributed by atoms with E-state index < -0.39 is 41.9 Å². The highest BCUT2D eigenvalue weighted by atomic mass is 19.1. The first-order valence-electron chi connectivity index (χ1n) is 13.9. The minimum absolute atomic E-state index is 0.130. The fourth-order valence-electron chi connectivity index (χ4n) is 5.39. The second-order valence-electron chi connectivity index (χ2n) is 11.0. The molecule has 3 aromatic rings. The van der Waals surface area contributed by atoms with Crippen molar-refractivity contribution in [3.05, 3.63) is 82.9 Å². The number of carboxylic acids is 3. The maximum atomic E-state index is 14.6. The van der Waals surface area contributed by atoms with E-state index in [0.717, 1.165) is 36.7 Å². The van der Waals surface area contributed by atoms with Crippen LogP contribution >= 0.6 is 0 Å². The Morgan fingerprint density at radius 2 is 1.57 bits per heavy atom. The summed E-state index contributed by atoms with van der Waals surface area (Å²) in [5.41, 5.74) is 1.56. The van der Waals surface area contributed by atoms with E-state index in [1.165, 1.54) is 18.6 Å². The molecule has 0 unspecified atom stereocenters. The molecular formula is C31H37FN4O8. The summed E-state index contributed by atoms with van der Waals surface area (Å²) in [7, 11) is 0. The highest BCUT2D eigenvalue weighted by molar-refractivity contribution is 5.88. The van der Waals surface area contributed by atoms with Gasteiger partial charge in [-0.2, -0.15) is 5.10 Å². The van der Waals surface area contributed by atoms with Gasteiger partial charge in [-0.1, -0.05) is 30.3 Å². The maximum absolute atomic E-state index is 14.6. The molecule has 2 aromatic carbocycles. The van der Waals surface area contributed by atoms with E-state index in [-0.39, 0.29) is 11.7 Å². The molecule has 236 valence electrons. The zero-order valence-electron chi connectivity index (χ0n) is 24.8. The lowest BCUT2D eigenvalue weighted by atomic mass is 9.80. The molecule has 1 amide bonds. The van der Waals surface area contributed by atoms with Crippen molar-refractivity contribution >= 4 is 23.8 Å². The van der Waals surface area contributed by atoms with E-state index in [2.05, 4.69) is 52.6 Å². The van der Waals surface area contributed by atoms with Gasteiger partial charge in [-0.25, -0.2) is 13.9 Å². The molecule has 1 aromatic heterocycles. The molecule has 0 aliphatic carbocycles. The molecule has 12 nitrogen and oxygen atoms in total. The van der Waals surface area contributed by atoms with E-state index in [1.54, 1.807) is 12.1 Å². The number of piperidine rings is 1. The van der Waals surface area contributed by atoms with Crippen LogP contribution in [-0.2, 0) is 31.3 Å². The summed E-state index contributed by atoms with van der Waals surface area (Å²) >= 11 is 0. The van der Waals surface area contributed by atoms with Gasteiger partial charge in [0.25, 0.3) is 0 Å². The quantitative estimate of drug-likeness (QED) is 0.228. The molecular weight excluding hydrogens is 575 g/mol. The molecule has 0 saturated carbocycles. The van der Waals surface area contributed by atoms with Crippen LogP contribution in [0.5, 0.6) is 0 Å². The van der Waals surface area contributed by atoms with E-state index in [0.29, 0.717) is 18.4 Å². The van der Waals surface area contributed by atoms with Crippen molar-refractivity contribution in [2.75, 3.05) is 13.1 Å². The van der Waals surface area contributed by atoms with Crippen LogP contribution in [0.3, 0.4) is 0 Å². The van der Waals surface area contributed by atoms with Gasteiger partial charge in [0.05, 0.1) is 29.8 Å². The van der Waals surface area contributed by atoms with E-state index in [9.17, 15) is 23.6 Å². The zero-order chi connectivity index (χ0) is 32.7. The Morgan fingerprint density at radius 3 is 2.07 bits per heavy atom. The Morgan fingerprint density at radius 1 is 0.955 bits per heavy atom. The number of aliphatic carboxylic acids is 3. The molecule has 44 heavy (non-hydrogen) atoms. The molecule has 13 heteroatoms. The zero-order valence-corrected chi connectivity index (χ0v) is 24.8. The standard InChI is InChI=1S/C25H29FN4O.C6H8O7/c1-18-15-19(2)30(28-18)22-8-6-7-21(16-22)17-29-13-11-25(12-14-29,27-20(3)31)23-9-4-5-10-24(23)26;7-3(8)1-6(13,5(11)12)2-4(9)10/h4-10,15-16H,11-14,17H2,1-3H3,(H,27,31);13H,1-2H2,(H,7,8)(H,9,10)(H,11,12). The number of nitrogens with one attached hydrogen (secondary N) is 1. The van der Waals surface area contributed by atoms with E-state index >= 15 is 0 Å². The van der Waals surface area contributed by atoms with Crippen molar-refractivity contribution in [3.8, 4) is 5.69 Å². The van der Waals surface area contributed by atoms with Crippen molar-refractivity contribution in [2.45, 2.75) is 64.1 Å². The van der Waals surface area contributed by atoms with Crippen LogP contribution in [0.25, 0.3) is 5.69 Å². The fraction of sp³-hybridized carbons (Fsp3) is 0.387. The van der Waals surface area contributed by atoms with Crippen molar-refractivity contribution < 1.29 is 44.0 Å². The summed E-state index contributed by atoms with van der Waals surface area (Å²) < 4.78 is 16.5. The SMILES string of the molecule is CC(=O)NC1(c2ccccc2F)CCN(Cc2cccc(-n3nc(C)cc3C)c2)CC1.O=C(O)CC(O)(CC(=O)O)C(=O)O. The number of hydrogen-bond donors (Lipinski definition) is 5. The number of rotatable bonds is 10. The third-order valence-corrected chi connectivity index (χ3v) is 7.37. The molecule has 4 rings (SSSR count). The first-order valence-corrected chi connectivity index (χ1v) is 13.9. The summed E-state index contributed by atoms with van der Waals surface area (Å²) in [5, 5.41) is 41.5. The number of benzene rings is 2. The average Bonchev–Trinajstić information content (AvgIpc) is 3.27. The number of aromatic nitrogens is 2. The molecule has 0 spiro atoms. The summed E-state index contributed by atoms with van der Waals surface area (Å²) in [6, 6.07) is 17.3. The second-order valence-corrected chi connectivity index (χ2v) is 11.0. The van der Waals surface area contributed by atoms with Gasteiger partial charge in [-0.15, -0.1) is 0 Å². The lowest BCUT2D eigenvalue weighted by molar-refractivity contribution is -0.170. The Labute approximate surface area is 253 Å². The first-order chi connectivity index (χ1) is 20.6. The van der Waals surface area contributed by atoms with Gasteiger partial charge in [0, 0.05) is 37.8 Å². The summed E-state index contributed by atoms with van der Waals surface area (Å²) in [6.07, 6.45) is -0.946. The van der Waals surface area contributed by atoms with Crippen LogP contribution < -0.4 is 5.32 Å². The fourth-order valence-corrected chi connectivity index (χ4v) is 5.39. The van der Waals surface area contributed by atoms with Gasteiger partial charge in [0.2, 0.25) is 5.91 Å². The summed E-state index contributed by atoms with van der Waals surface area (Å²) in [5.74, 6) is -5.41. The molecule has 1 fully saturated rings. The Bertz CT molecular complexity index is 1500. The molecule has 0 atom stereocenters. The smallest absolute Gasteiger partial charge is 0.336 e. The highest BCUT2D eigenvalue weighted by Crippen LogP contribution is 2.35. The topological polar surface area (TPSA) is 182 Å². The number of carboxylic acid groups (broad SMARTS) is 3. The van der Waals surface area contributed by atoms with Gasteiger partial charge < -0.3 is 25.7 Å². The molecule has 1 saturated heterocycles. The van der Waals surface area contributed by atoms with Gasteiger partial charge in [0.15, 0.2) is 5.60 Å². The van der Waals surface area contributed by atoms with Crippen LogP contribution in [-0.4, -0.2) is 77.6 Å². The largest absolute Gasteiger partial charge is 0.481 e. The number of aryl methyl sites for hydroxylation is 2. The van der Waals surface area contributed by atoms with Crippen molar-refractivity contribution in [3.63, 3.8) is 0 Å². The van der Waals surface area contributed by atoms with Crippen molar-refractivity contribution in [1.82, 2.24) is 20.0 Å². The lowest BCUT2D eigenvalue weighted by Gasteiger charge is -2.42. The normalized spacial score (nSPS) is 14.7. The number of likely N-dealkylation sites (tertiary alicyclic amines) is 1. The number of carbonyl (C=O) groups excluding carboxylic acids is 1. The van der Waals surface area contributed by atoms with Crippen molar-refractivity contribution in [2.24, 2.45) is 0 Å². The number of halogens is 1. The first kappa shape index (κ1) is 33.9. The number of nitrogens with zero attached hydrogens (tertiary/aromatic N) is 3. The predicted octanol–water partition coefficient (Wildman–Crippen LogP) is 3.01. The third-order valence-electron chi connectivity index (χ3n) is 7.37. The van der Waals surface area contributed by atoms with Crippen LogP contribution in [0.4, 0.5) is 4.39 Å². The number of amides is 1. The van der Waals surface area contributed by atoms with Gasteiger partial charge in [-0.3, -0.25) is 19.3 Å². The van der Waals surface area contributed by atoms with Gasteiger partial charge >= 0.3 is 17.9 Å². The second kappa shape index (κ2) is 14.2. The average molecular weight is 613 g/mol. The molecule has 1 aliphatic rings. The molecule has 0 bridgehead atoms. The third kappa shape index (κ3) is 8.71. The van der Waals surface area contributed by atoms with Crippen LogP contribution in [0.15, 0.2) is 54.6 Å². The molecule has 5 N–H and O–H groups in total. The Kier molecular flexibility index (Phi) is 11.0. The predicted molar refractivity (Wildman–Crippen MR) is 157 cm³/mol. The van der Waals surface area contributed by atoms with Crippen LogP contribution in [0.2, 0.25) is 0 Å². The minimum Gasteiger partial charge on any atom is -0.481 e. The summed E-state index contributed by atoms with van der Waals surface area (Å²) in [4.78, 5) is 44.8. The maximum Gasteiger partial charge on any atom is 0.336 e. The van der Waals surface area contributed by atoms with Crippen LogP contribution in [0.1, 0.15) is 55.1 Å². The number of aliphatic hydroxyl groups is 1.